The van der Waals surface area contributed by atoms with Crippen LogP contribution in [0.2, 0.25) is 0 Å². The van der Waals surface area contributed by atoms with E-state index in [-0.39, 0.29) is 12.5 Å². The van der Waals surface area contributed by atoms with Crippen molar-refractivity contribution >= 4 is 5.91 Å². The fraction of sp³-hybridized carbons (Fsp3) is 0.672. The first-order valence-electron chi connectivity index (χ1n) is 26.1. The van der Waals surface area contributed by atoms with E-state index >= 15 is 0 Å². The number of rotatable bonds is 46. The first-order valence-corrected chi connectivity index (χ1v) is 26.1. The minimum Gasteiger partial charge on any atom is -0.394 e. The van der Waals surface area contributed by atoms with Crippen LogP contribution in [0.25, 0.3) is 0 Å². The van der Waals surface area contributed by atoms with Crippen molar-refractivity contribution in [2.75, 3.05) is 6.61 Å². The lowest BCUT2D eigenvalue weighted by Gasteiger charge is -2.19. The maximum atomic E-state index is 12.4. The molecule has 0 spiro atoms. The largest absolute Gasteiger partial charge is 0.394 e. The highest BCUT2D eigenvalue weighted by Crippen LogP contribution is 2.14. The Bertz CT molecular complexity index is 1200. The van der Waals surface area contributed by atoms with Crippen molar-refractivity contribution in [1.82, 2.24) is 5.32 Å². The third-order valence-electron chi connectivity index (χ3n) is 11.2. The molecule has 2 atom stereocenters. The third kappa shape index (κ3) is 48.1. The summed E-state index contributed by atoms with van der Waals surface area (Å²) in [6, 6.07) is -0.659. The number of hydrogen-bond donors (Lipinski definition) is 3. The van der Waals surface area contributed by atoms with Crippen LogP contribution in [0.5, 0.6) is 0 Å². The van der Waals surface area contributed by atoms with Gasteiger partial charge in [0, 0.05) is 6.42 Å². The van der Waals surface area contributed by atoms with Gasteiger partial charge >= 0.3 is 0 Å². The second-order valence-electron chi connectivity index (χ2n) is 17.2. The summed E-state index contributed by atoms with van der Waals surface area (Å²) in [4.78, 5) is 12.4. The molecule has 0 aromatic heterocycles. The highest BCUT2D eigenvalue weighted by atomic mass is 16.3. The smallest absolute Gasteiger partial charge is 0.220 e. The van der Waals surface area contributed by atoms with E-state index in [9.17, 15) is 15.0 Å². The van der Waals surface area contributed by atoms with E-state index in [4.69, 9.17) is 0 Å². The van der Waals surface area contributed by atoms with Crippen molar-refractivity contribution in [2.24, 2.45) is 0 Å². The topological polar surface area (TPSA) is 69.6 Å². The molecule has 4 nitrogen and oxygen atoms in total. The van der Waals surface area contributed by atoms with Crippen LogP contribution >= 0.6 is 0 Å². The summed E-state index contributed by atoms with van der Waals surface area (Å²) < 4.78 is 0. The molecule has 0 saturated carbocycles. The average molecular weight is 858 g/mol. The molecule has 0 aromatic carbocycles. The molecule has 0 aliphatic rings. The molecule has 0 saturated heterocycles. The van der Waals surface area contributed by atoms with E-state index in [0.29, 0.717) is 6.42 Å². The Kier molecular flexibility index (Phi) is 49.9. The van der Waals surface area contributed by atoms with Crippen LogP contribution in [0, 0.1) is 0 Å². The molecule has 3 N–H and O–H groups in total. The van der Waals surface area contributed by atoms with E-state index < -0.39 is 12.1 Å². The molecule has 0 radical (unpaired) electrons. The van der Waals surface area contributed by atoms with E-state index in [0.717, 1.165) is 89.9 Å². The maximum Gasteiger partial charge on any atom is 0.220 e. The van der Waals surface area contributed by atoms with Crippen molar-refractivity contribution in [3.63, 3.8) is 0 Å². The highest BCUT2D eigenvalue weighted by Gasteiger charge is 2.17. The monoisotopic (exact) mass is 858 g/mol. The molecule has 2 unspecified atom stereocenters. The molecular formula is C58H99NO3. The van der Waals surface area contributed by atoms with E-state index in [1.165, 1.54) is 122 Å². The zero-order chi connectivity index (χ0) is 44.9. The fourth-order valence-electron chi connectivity index (χ4n) is 7.27. The van der Waals surface area contributed by atoms with E-state index in [1.807, 2.05) is 6.08 Å². The molecule has 0 aliphatic heterocycles. The number of carbonyl (C=O) groups is 1. The molecule has 0 heterocycles. The molecule has 4 heteroatoms. The predicted octanol–water partition coefficient (Wildman–Crippen LogP) is 17.1. The number of carbonyl (C=O) groups excluding carboxylic acids is 1. The maximum absolute atomic E-state index is 12.4. The van der Waals surface area contributed by atoms with E-state index in [2.05, 4.69) is 116 Å². The summed E-state index contributed by atoms with van der Waals surface area (Å²) in [5.41, 5.74) is 0. The minimum atomic E-state index is -0.882. The van der Waals surface area contributed by atoms with Crippen molar-refractivity contribution in [2.45, 2.75) is 244 Å². The second-order valence-corrected chi connectivity index (χ2v) is 17.2. The zero-order valence-electron chi connectivity index (χ0n) is 40.6. The molecule has 0 fully saturated rings. The van der Waals surface area contributed by atoms with Crippen LogP contribution in [-0.4, -0.2) is 34.9 Å². The number of hydrogen-bond acceptors (Lipinski definition) is 3. The molecular weight excluding hydrogens is 759 g/mol. The van der Waals surface area contributed by atoms with Gasteiger partial charge in [0.15, 0.2) is 0 Å². The Morgan fingerprint density at radius 1 is 0.403 bits per heavy atom. The van der Waals surface area contributed by atoms with Gasteiger partial charge < -0.3 is 15.5 Å². The highest BCUT2D eigenvalue weighted by molar-refractivity contribution is 5.76. The Labute approximate surface area is 385 Å². The lowest BCUT2D eigenvalue weighted by molar-refractivity contribution is -0.123. The van der Waals surface area contributed by atoms with Crippen LogP contribution in [0.3, 0.4) is 0 Å². The van der Waals surface area contributed by atoms with Gasteiger partial charge in [-0.3, -0.25) is 4.79 Å². The summed E-state index contributed by atoms with van der Waals surface area (Å²) in [5, 5.41) is 23.1. The van der Waals surface area contributed by atoms with Crippen molar-refractivity contribution < 1.29 is 15.0 Å². The van der Waals surface area contributed by atoms with Gasteiger partial charge in [0.25, 0.3) is 0 Å². The van der Waals surface area contributed by atoms with Crippen LogP contribution < -0.4 is 5.32 Å². The van der Waals surface area contributed by atoms with Gasteiger partial charge in [0.1, 0.15) is 0 Å². The van der Waals surface area contributed by atoms with Gasteiger partial charge in [-0.1, -0.05) is 239 Å². The molecule has 1 amide bonds. The molecule has 0 aliphatic carbocycles. The zero-order valence-corrected chi connectivity index (χ0v) is 40.6. The number of allylic oxidation sites excluding steroid dienone is 17. The molecule has 62 heavy (non-hydrogen) atoms. The average Bonchev–Trinajstić information content (AvgIpc) is 3.28. The standard InChI is InChI=1S/C58H99NO3/c1-3-5-7-9-11-13-15-17-19-21-23-25-27-28-29-30-32-34-36-38-40-42-44-46-48-50-52-54-58(62)59-56(55-60)57(61)53-51-49-47-45-43-41-39-37-35-33-31-26-24-22-20-18-16-14-12-10-8-6-4-2/h5,7,11,13,17,19,23,25,28-29,32,34-35,37,43,45,51,53,56-57,60-61H,3-4,6,8-10,12,14-16,18,20-22,24,26-27,30-31,33,36,38-42,44,46-50,52,54-55H2,1-2H3,(H,59,62)/b7-5-,13-11-,19-17-,25-23-,29-28-,34-32-,37-35+,45-43+,53-51+. The van der Waals surface area contributed by atoms with Gasteiger partial charge in [-0.15, -0.1) is 0 Å². The summed E-state index contributed by atoms with van der Waals surface area (Å²) >= 11 is 0. The molecule has 354 valence electrons. The first-order chi connectivity index (χ1) is 30.7. The number of unbranched alkanes of at least 4 members (excludes halogenated alkanes) is 23. The van der Waals surface area contributed by atoms with Crippen molar-refractivity contribution in [3.8, 4) is 0 Å². The molecule has 0 bridgehead atoms. The Morgan fingerprint density at radius 3 is 1.13 bits per heavy atom. The van der Waals surface area contributed by atoms with Crippen LogP contribution in [-0.2, 0) is 4.79 Å². The number of nitrogens with one attached hydrogen (secondary N) is 1. The Balaban J connectivity index is 3.67. The minimum absolute atomic E-state index is 0.0905. The number of aliphatic hydroxyl groups excluding tert-OH is 2. The van der Waals surface area contributed by atoms with Crippen LogP contribution in [0.15, 0.2) is 109 Å². The Morgan fingerprint density at radius 2 is 0.726 bits per heavy atom. The second kappa shape index (κ2) is 52.4. The third-order valence-corrected chi connectivity index (χ3v) is 11.2. The lowest BCUT2D eigenvalue weighted by Crippen LogP contribution is -2.45. The van der Waals surface area contributed by atoms with Crippen LogP contribution in [0.4, 0.5) is 0 Å². The van der Waals surface area contributed by atoms with Crippen molar-refractivity contribution in [3.05, 3.63) is 109 Å². The SMILES string of the molecule is CC/C=C\C/C=C\C/C=C\C/C=C\C/C=C\C/C=C\CCCCCCCCCCC(=O)NC(CO)C(O)/C=C/CC/C=C/CC/C=C/CCCCCCCCCCCCCCC. The normalized spacial score (nSPS) is 13.8. The quantitative estimate of drug-likeness (QED) is 0.0422. The van der Waals surface area contributed by atoms with Crippen molar-refractivity contribution in [1.29, 1.82) is 0 Å². The summed E-state index contributed by atoms with van der Waals surface area (Å²) in [7, 11) is 0. The van der Waals surface area contributed by atoms with Gasteiger partial charge in [-0.25, -0.2) is 0 Å². The van der Waals surface area contributed by atoms with Gasteiger partial charge in [-0.2, -0.15) is 0 Å². The number of amides is 1. The molecule has 0 aromatic rings. The van der Waals surface area contributed by atoms with Gasteiger partial charge in [0.05, 0.1) is 18.8 Å². The summed E-state index contributed by atoms with van der Waals surface area (Å²) in [6.07, 6.45) is 79.4. The van der Waals surface area contributed by atoms with Gasteiger partial charge in [-0.05, 0) is 96.3 Å². The lowest BCUT2D eigenvalue weighted by atomic mass is 10.0. The Hall–Kier alpha value is -2.95. The summed E-state index contributed by atoms with van der Waals surface area (Å²) in [5.74, 6) is -0.0905. The number of aliphatic hydroxyl groups is 2. The summed E-state index contributed by atoms with van der Waals surface area (Å²) in [6.45, 7) is 4.18. The predicted molar refractivity (Wildman–Crippen MR) is 276 cm³/mol. The molecule has 0 rings (SSSR count). The fourth-order valence-corrected chi connectivity index (χ4v) is 7.27. The van der Waals surface area contributed by atoms with E-state index in [1.54, 1.807) is 6.08 Å². The van der Waals surface area contributed by atoms with Gasteiger partial charge in [0.2, 0.25) is 5.91 Å². The van der Waals surface area contributed by atoms with Crippen LogP contribution in [0.1, 0.15) is 232 Å². The first kappa shape index (κ1) is 59.1.